The van der Waals surface area contributed by atoms with Crippen LogP contribution in [0.1, 0.15) is 30.7 Å². The Morgan fingerprint density at radius 3 is 2.89 bits per heavy atom. The van der Waals surface area contributed by atoms with Gasteiger partial charge in [-0.1, -0.05) is 12.1 Å². The number of aromatic nitrogens is 4. The van der Waals surface area contributed by atoms with Crippen molar-refractivity contribution in [2.75, 3.05) is 5.32 Å². The molecule has 3 aromatic rings. The zero-order chi connectivity index (χ0) is 19.5. The summed E-state index contributed by atoms with van der Waals surface area (Å²) in [6.07, 6.45) is 4.51. The van der Waals surface area contributed by atoms with Crippen molar-refractivity contribution >= 4 is 11.6 Å². The van der Waals surface area contributed by atoms with E-state index in [1.807, 2.05) is 36.4 Å². The number of ether oxygens (including phenoxy) is 1. The number of anilines is 2. The van der Waals surface area contributed by atoms with Gasteiger partial charge in [0.25, 0.3) is 0 Å². The third-order valence-corrected chi connectivity index (χ3v) is 4.78. The molecule has 4 N–H and O–H groups in total. The van der Waals surface area contributed by atoms with Crippen LogP contribution in [0.25, 0.3) is 11.3 Å². The number of nitrogens with zero attached hydrogens (tertiary/aromatic N) is 4. The van der Waals surface area contributed by atoms with Crippen molar-refractivity contribution in [2.24, 2.45) is 5.73 Å². The Bertz CT molecular complexity index is 1020. The van der Waals surface area contributed by atoms with Gasteiger partial charge in [0.05, 0.1) is 17.6 Å². The average Bonchev–Trinajstić information content (AvgIpc) is 3.31. The largest absolute Gasteiger partial charge is 0.490 e. The minimum absolute atomic E-state index is 0.147. The fraction of sp³-hybridized carbons (Fsp3) is 0.300. The van der Waals surface area contributed by atoms with Crippen LogP contribution >= 0.6 is 0 Å². The molecular formula is C20H21N7O. The van der Waals surface area contributed by atoms with Crippen LogP contribution < -0.4 is 15.8 Å². The molecule has 0 radical (unpaired) electrons. The summed E-state index contributed by atoms with van der Waals surface area (Å²) < 4.78 is 6.20. The van der Waals surface area contributed by atoms with E-state index in [-0.39, 0.29) is 12.1 Å². The number of nitrogens with one attached hydrogen (secondary N) is 2. The van der Waals surface area contributed by atoms with Crippen molar-refractivity contribution in [1.29, 1.82) is 5.26 Å². The summed E-state index contributed by atoms with van der Waals surface area (Å²) in [5.41, 5.74) is 8.65. The molecule has 1 fully saturated rings. The molecule has 1 saturated carbocycles. The van der Waals surface area contributed by atoms with Gasteiger partial charge in [0, 0.05) is 17.7 Å². The Morgan fingerprint density at radius 1 is 1.29 bits per heavy atom. The molecular weight excluding hydrogens is 354 g/mol. The van der Waals surface area contributed by atoms with E-state index in [9.17, 15) is 0 Å². The van der Waals surface area contributed by atoms with Crippen LogP contribution in [0.5, 0.6) is 5.75 Å². The number of nitrogens with two attached hydrogens (primary N) is 1. The molecule has 142 valence electrons. The van der Waals surface area contributed by atoms with Crippen LogP contribution in [0.2, 0.25) is 0 Å². The number of hydrogen-bond acceptors (Lipinski definition) is 7. The molecule has 1 aliphatic carbocycles. The molecule has 0 aliphatic heterocycles. The first-order valence-corrected chi connectivity index (χ1v) is 9.20. The molecule has 8 nitrogen and oxygen atoms in total. The normalized spacial score (nSPS) is 18.6. The SMILES string of the molecule is Cc1nc(Nc2cc(-c3ccccc3O[C@@H]3CC[C@H](N)C3)[nH]n2)cnc1C#N. The third kappa shape index (κ3) is 3.80. The van der Waals surface area contributed by atoms with Crippen molar-refractivity contribution in [3.05, 3.63) is 47.9 Å². The van der Waals surface area contributed by atoms with Gasteiger partial charge < -0.3 is 15.8 Å². The third-order valence-electron chi connectivity index (χ3n) is 4.78. The van der Waals surface area contributed by atoms with E-state index < -0.39 is 0 Å². The Hall–Kier alpha value is -3.44. The fourth-order valence-corrected chi connectivity index (χ4v) is 3.36. The van der Waals surface area contributed by atoms with Crippen LogP contribution in [0.3, 0.4) is 0 Å². The van der Waals surface area contributed by atoms with Crippen molar-refractivity contribution in [3.8, 4) is 23.1 Å². The monoisotopic (exact) mass is 375 g/mol. The van der Waals surface area contributed by atoms with Gasteiger partial charge in [0.1, 0.15) is 23.7 Å². The topological polar surface area (TPSA) is 126 Å². The highest BCUT2D eigenvalue weighted by molar-refractivity contribution is 5.70. The molecule has 0 unspecified atom stereocenters. The molecule has 4 rings (SSSR count). The van der Waals surface area contributed by atoms with Crippen LogP contribution in [-0.2, 0) is 0 Å². The highest BCUT2D eigenvalue weighted by Gasteiger charge is 2.24. The molecule has 0 saturated heterocycles. The Balaban J connectivity index is 1.53. The lowest BCUT2D eigenvalue weighted by atomic mass is 10.1. The summed E-state index contributed by atoms with van der Waals surface area (Å²) in [7, 11) is 0. The van der Waals surface area contributed by atoms with E-state index >= 15 is 0 Å². The first-order valence-electron chi connectivity index (χ1n) is 9.20. The molecule has 1 aliphatic rings. The first-order chi connectivity index (χ1) is 13.6. The van der Waals surface area contributed by atoms with Crippen LogP contribution in [-0.4, -0.2) is 32.3 Å². The molecule has 8 heteroatoms. The predicted octanol–water partition coefficient (Wildman–Crippen LogP) is 3.05. The van der Waals surface area contributed by atoms with E-state index in [4.69, 9.17) is 15.7 Å². The number of hydrogen-bond donors (Lipinski definition) is 3. The van der Waals surface area contributed by atoms with Crippen molar-refractivity contribution in [3.63, 3.8) is 0 Å². The van der Waals surface area contributed by atoms with Gasteiger partial charge in [-0.05, 0) is 38.3 Å². The number of aromatic amines is 1. The average molecular weight is 375 g/mol. The standard InChI is InChI=1S/C20H21N7O/c1-12-17(10-21)23-11-20(24-12)25-19-9-16(26-27-19)15-4-2-3-5-18(15)28-14-7-6-13(22)8-14/h2-5,9,11,13-14H,6-8,22H2,1H3,(H2,24,25,26,27)/t13-,14+/m0/s1. The van der Waals surface area contributed by atoms with E-state index in [1.165, 1.54) is 6.20 Å². The van der Waals surface area contributed by atoms with Gasteiger partial charge in [-0.2, -0.15) is 10.4 Å². The lowest BCUT2D eigenvalue weighted by Crippen LogP contribution is -2.19. The Kier molecular flexibility index (Phi) is 4.91. The Labute approximate surface area is 162 Å². The van der Waals surface area contributed by atoms with E-state index in [0.717, 1.165) is 36.3 Å². The molecule has 28 heavy (non-hydrogen) atoms. The quantitative estimate of drug-likeness (QED) is 0.625. The highest BCUT2D eigenvalue weighted by atomic mass is 16.5. The molecule has 0 spiro atoms. The van der Waals surface area contributed by atoms with Crippen molar-refractivity contribution < 1.29 is 4.74 Å². The molecule has 2 atom stereocenters. The maximum absolute atomic E-state index is 8.96. The first kappa shape index (κ1) is 17.9. The summed E-state index contributed by atoms with van der Waals surface area (Å²) in [6.45, 7) is 1.75. The fourth-order valence-electron chi connectivity index (χ4n) is 3.36. The molecule has 0 bridgehead atoms. The minimum atomic E-state index is 0.147. The van der Waals surface area contributed by atoms with E-state index in [2.05, 4.69) is 25.5 Å². The summed E-state index contributed by atoms with van der Waals surface area (Å²) in [4.78, 5) is 8.41. The predicted molar refractivity (Wildman–Crippen MR) is 105 cm³/mol. The zero-order valence-corrected chi connectivity index (χ0v) is 15.5. The number of nitriles is 1. The van der Waals surface area contributed by atoms with Gasteiger partial charge in [-0.3, -0.25) is 5.10 Å². The smallest absolute Gasteiger partial charge is 0.161 e. The number of benzene rings is 1. The van der Waals surface area contributed by atoms with Crippen molar-refractivity contribution in [2.45, 2.75) is 38.3 Å². The van der Waals surface area contributed by atoms with Crippen molar-refractivity contribution in [1.82, 2.24) is 20.2 Å². The highest BCUT2D eigenvalue weighted by Crippen LogP contribution is 2.33. The van der Waals surface area contributed by atoms with E-state index in [1.54, 1.807) is 6.92 Å². The van der Waals surface area contributed by atoms with Gasteiger partial charge >= 0.3 is 0 Å². The zero-order valence-electron chi connectivity index (χ0n) is 15.5. The van der Waals surface area contributed by atoms with Gasteiger partial charge in [0.15, 0.2) is 11.5 Å². The summed E-state index contributed by atoms with van der Waals surface area (Å²) in [5.74, 6) is 1.94. The lowest BCUT2D eigenvalue weighted by molar-refractivity contribution is 0.209. The molecule has 1 aromatic carbocycles. The second kappa shape index (κ2) is 7.66. The minimum Gasteiger partial charge on any atom is -0.490 e. The van der Waals surface area contributed by atoms with Gasteiger partial charge in [-0.15, -0.1) is 0 Å². The number of H-pyrrole nitrogens is 1. The lowest BCUT2D eigenvalue weighted by Gasteiger charge is -2.16. The second-order valence-electron chi connectivity index (χ2n) is 6.90. The summed E-state index contributed by atoms with van der Waals surface area (Å²) in [5, 5.41) is 19.4. The van der Waals surface area contributed by atoms with Crippen LogP contribution in [0, 0.1) is 18.3 Å². The molecule has 0 amide bonds. The van der Waals surface area contributed by atoms with Gasteiger partial charge in [0.2, 0.25) is 0 Å². The molecule has 2 aromatic heterocycles. The van der Waals surface area contributed by atoms with Gasteiger partial charge in [-0.25, -0.2) is 9.97 Å². The molecule has 2 heterocycles. The summed E-state index contributed by atoms with van der Waals surface area (Å²) >= 11 is 0. The second-order valence-corrected chi connectivity index (χ2v) is 6.90. The number of rotatable bonds is 5. The van der Waals surface area contributed by atoms with E-state index in [0.29, 0.717) is 23.0 Å². The number of para-hydroxylation sites is 1. The van der Waals surface area contributed by atoms with Crippen LogP contribution in [0.4, 0.5) is 11.6 Å². The maximum atomic E-state index is 8.96. The summed E-state index contributed by atoms with van der Waals surface area (Å²) in [6, 6.07) is 12.0. The van der Waals surface area contributed by atoms with Crippen LogP contribution in [0.15, 0.2) is 36.5 Å². The Morgan fingerprint density at radius 2 is 2.14 bits per heavy atom. The number of aryl methyl sites for hydroxylation is 1. The maximum Gasteiger partial charge on any atom is 0.161 e.